The second-order valence-electron chi connectivity index (χ2n) is 7.18. The lowest BCUT2D eigenvalue weighted by Gasteiger charge is -2.30. The molecule has 1 atom stereocenters. The van der Waals surface area contributed by atoms with Gasteiger partial charge in [-0.1, -0.05) is 12.1 Å². The molecule has 1 aliphatic rings. The van der Waals surface area contributed by atoms with Crippen LogP contribution in [0.4, 0.5) is 18.9 Å². The topological polar surface area (TPSA) is 96.7 Å². The van der Waals surface area contributed by atoms with Gasteiger partial charge in [-0.3, -0.25) is 9.59 Å². The number of rotatable bonds is 7. The second-order valence-corrected chi connectivity index (χ2v) is 7.18. The highest BCUT2D eigenvalue weighted by atomic mass is 19.4. The number of anilines is 1. The highest BCUT2D eigenvalue weighted by molar-refractivity contribution is 5.97. The molecule has 0 fully saturated rings. The molecule has 3 rings (SSSR count). The Balaban J connectivity index is 1.52. The van der Waals surface area contributed by atoms with Gasteiger partial charge in [0.05, 0.1) is 12.2 Å². The predicted octanol–water partition coefficient (Wildman–Crippen LogP) is 1.88. The number of aliphatic hydroxyl groups is 1. The summed E-state index contributed by atoms with van der Waals surface area (Å²) in [5.41, 5.74) is -2.59. The molecule has 1 aliphatic heterocycles. The Kier molecular flexibility index (Phi) is 6.54. The SMILES string of the molecule is Cn1ccnc1C(O)(CCNC(=O)CCC(=O)N1CCOc2ccccc21)C(F)(F)F. The van der Waals surface area contributed by atoms with Crippen molar-refractivity contribution >= 4 is 17.5 Å². The molecule has 11 heteroatoms. The summed E-state index contributed by atoms with van der Waals surface area (Å²) in [5, 5.41) is 12.6. The van der Waals surface area contributed by atoms with Gasteiger partial charge in [-0.25, -0.2) is 4.98 Å². The minimum absolute atomic E-state index is 0.108. The number of nitrogens with zero attached hydrogens (tertiary/aromatic N) is 3. The van der Waals surface area contributed by atoms with E-state index in [0.29, 0.717) is 24.6 Å². The summed E-state index contributed by atoms with van der Waals surface area (Å²) in [7, 11) is 1.34. The predicted molar refractivity (Wildman–Crippen MR) is 104 cm³/mol. The number of carbonyl (C=O) groups is 2. The highest BCUT2D eigenvalue weighted by Crippen LogP contribution is 2.40. The highest BCUT2D eigenvalue weighted by Gasteiger charge is 2.57. The van der Waals surface area contributed by atoms with Gasteiger partial charge < -0.3 is 24.6 Å². The molecule has 1 aromatic heterocycles. The van der Waals surface area contributed by atoms with Crippen LogP contribution in [0.25, 0.3) is 0 Å². The lowest BCUT2D eigenvalue weighted by atomic mass is 9.97. The van der Waals surface area contributed by atoms with E-state index in [2.05, 4.69) is 10.3 Å². The van der Waals surface area contributed by atoms with Crippen molar-refractivity contribution in [3.63, 3.8) is 0 Å². The van der Waals surface area contributed by atoms with Gasteiger partial charge in [0.1, 0.15) is 18.2 Å². The molecule has 1 unspecified atom stereocenters. The van der Waals surface area contributed by atoms with Crippen molar-refractivity contribution in [3.8, 4) is 5.75 Å². The molecule has 31 heavy (non-hydrogen) atoms. The zero-order valence-electron chi connectivity index (χ0n) is 16.9. The average Bonchev–Trinajstić information content (AvgIpc) is 3.17. The zero-order chi connectivity index (χ0) is 22.6. The summed E-state index contributed by atoms with van der Waals surface area (Å²) in [5.74, 6) is -0.854. The van der Waals surface area contributed by atoms with Crippen LogP contribution >= 0.6 is 0 Å². The number of imidazole rings is 1. The van der Waals surface area contributed by atoms with Gasteiger partial charge in [-0.15, -0.1) is 0 Å². The first kappa shape index (κ1) is 22.6. The minimum atomic E-state index is -4.98. The van der Waals surface area contributed by atoms with E-state index in [1.165, 1.54) is 18.1 Å². The van der Waals surface area contributed by atoms with Crippen molar-refractivity contribution in [1.29, 1.82) is 0 Å². The number of fused-ring (bicyclic) bond motifs is 1. The Hall–Kier alpha value is -3.08. The molecule has 0 saturated carbocycles. The van der Waals surface area contributed by atoms with Gasteiger partial charge >= 0.3 is 6.18 Å². The number of para-hydroxylation sites is 2. The number of hydrogen-bond donors (Lipinski definition) is 2. The zero-order valence-corrected chi connectivity index (χ0v) is 16.9. The monoisotopic (exact) mass is 440 g/mol. The summed E-state index contributed by atoms with van der Waals surface area (Å²) in [6.45, 7) is 0.244. The Labute approximate surface area is 176 Å². The Morgan fingerprint density at radius 3 is 2.68 bits per heavy atom. The van der Waals surface area contributed by atoms with E-state index in [4.69, 9.17) is 4.74 Å². The Morgan fingerprint density at radius 2 is 2.00 bits per heavy atom. The number of nitrogens with one attached hydrogen (secondary N) is 1. The molecule has 1 aromatic carbocycles. The molecule has 168 valence electrons. The summed E-state index contributed by atoms with van der Waals surface area (Å²) < 4.78 is 47.0. The third-order valence-corrected chi connectivity index (χ3v) is 5.06. The largest absolute Gasteiger partial charge is 0.490 e. The summed E-state index contributed by atoms with van der Waals surface area (Å²) in [4.78, 5) is 29.7. The first-order valence-electron chi connectivity index (χ1n) is 9.69. The molecule has 0 aliphatic carbocycles. The van der Waals surface area contributed by atoms with Crippen LogP contribution in [0.2, 0.25) is 0 Å². The van der Waals surface area contributed by atoms with Crippen LogP contribution < -0.4 is 15.0 Å². The lowest BCUT2D eigenvalue weighted by Crippen LogP contribution is -2.46. The fourth-order valence-corrected chi connectivity index (χ4v) is 3.40. The Morgan fingerprint density at radius 1 is 1.26 bits per heavy atom. The minimum Gasteiger partial charge on any atom is -0.490 e. The number of alkyl halides is 3. The van der Waals surface area contributed by atoms with Crippen molar-refractivity contribution in [2.45, 2.75) is 31.0 Å². The average molecular weight is 440 g/mol. The third-order valence-electron chi connectivity index (χ3n) is 5.06. The fraction of sp³-hybridized carbons (Fsp3) is 0.450. The smallest absolute Gasteiger partial charge is 0.424 e. The van der Waals surface area contributed by atoms with Gasteiger partial charge in [0.15, 0.2) is 0 Å². The van der Waals surface area contributed by atoms with Crippen molar-refractivity contribution < 1.29 is 32.6 Å². The van der Waals surface area contributed by atoms with Crippen LogP contribution in [-0.2, 0) is 22.2 Å². The van der Waals surface area contributed by atoms with Crippen molar-refractivity contribution in [2.75, 3.05) is 24.6 Å². The van der Waals surface area contributed by atoms with E-state index in [1.54, 1.807) is 24.3 Å². The molecule has 0 saturated heterocycles. The van der Waals surface area contributed by atoms with Crippen molar-refractivity contribution in [2.24, 2.45) is 7.05 Å². The number of halogens is 3. The molecule has 8 nitrogen and oxygen atoms in total. The van der Waals surface area contributed by atoms with Crippen LogP contribution in [0, 0.1) is 0 Å². The Bertz CT molecular complexity index is 947. The van der Waals surface area contributed by atoms with Crippen LogP contribution in [0.15, 0.2) is 36.7 Å². The summed E-state index contributed by atoms with van der Waals surface area (Å²) >= 11 is 0. The quantitative estimate of drug-likeness (QED) is 0.686. The number of amides is 2. The van der Waals surface area contributed by atoms with Gasteiger partial charge in [0.25, 0.3) is 0 Å². The maximum atomic E-state index is 13.5. The molecule has 0 spiro atoms. The molecule has 2 amide bonds. The van der Waals surface area contributed by atoms with Crippen molar-refractivity contribution in [3.05, 3.63) is 42.5 Å². The maximum Gasteiger partial charge on any atom is 0.424 e. The second kappa shape index (κ2) is 8.96. The standard InChI is InChI=1S/C20H23F3N4O4/c1-26-11-10-25-18(26)19(30,20(21,22)23)8-9-24-16(28)6-7-17(29)27-12-13-31-15-5-3-2-4-14(15)27/h2-5,10-11,30H,6-9,12-13H2,1H3,(H,24,28). The van der Waals surface area contributed by atoms with Gasteiger partial charge in [-0.2, -0.15) is 13.2 Å². The number of benzene rings is 1. The first-order chi connectivity index (χ1) is 14.6. The van der Waals surface area contributed by atoms with E-state index < -0.39 is 36.5 Å². The molecular weight excluding hydrogens is 417 g/mol. The number of aromatic nitrogens is 2. The summed E-state index contributed by atoms with van der Waals surface area (Å²) in [6.07, 6.45) is -3.64. The van der Waals surface area contributed by atoms with Crippen LogP contribution in [-0.4, -0.2) is 52.3 Å². The lowest BCUT2D eigenvalue weighted by molar-refractivity contribution is -0.272. The number of carbonyl (C=O) groups excluding carboxylic acids is 2. The fourth-order valence-electron chi connectivity index (χ4n) is 3.40. The van der Waals surface area contributed by atoms with Crippen LogP contribution in [0.3, 0.4) is 0 Å². The van der Waals surface area contributed by atoms with Gasteiger partial charge in [0.2, 0.25) is 17.4 Å². The number of ether oxygens (including phenoxy) is 1. The van der Waals surface area contributed by atoms with E-state index in [0.717, 1.165) is 10.8 Å². The van der Waals surface area contributed by atoms with Crippen LogP contribution in [0.5, 0.6) is 5.75 Å². The molecule has 0 radical (unpaired) electrons. The van der Waals surface area contributed by atoms with E-state index >= 15 is 0 Å². The molecule has 2 aromatic rings. The van der Waals surface area contributed by atoms with Gasteiger partial charge in [-0.05, 0) is 12.1 Å². The third kappa shape index (κ3) is 4.82. The maximum absolute atomic E-state index is 13.5. The van der Waals surface area contributed by atoms with Crippen molar-refractivity contribution in [1.82, 2.24) is 14.9 Å². The van der Waals surface area contributed by atoms with Gasteiger partial charge in [0, 0.05) is 45.2 Å². The number of aryl methyl sites for hydroxylation is 1. The summed E-state index contributed by atoms with van der Waals surface area (Å²) in [6, 6.07) is 7.03. The van der Waals surface area contributed by atoms with E-state index in [1.807, 2.05) is 0 Å². The molecule has 0 bridgehead atoms. The van der Waals surface area contributed by atoms with Crippen LogP contribution in [0.1, 0.15) is 25.1 Å². The van der Waals surface area contributed by atoms with E-state index in [9.17, 15) is 27.9 Å². The van der Waals surface area contributed by atoms with E-state index in [-0.39, 0.29) is 18.7 Å². The molecular formula is C20H23F3N4O4. The first-order valence-corrected chi connectivity index (χ1v) is 9.69. The molecule has 2 N–H and O–H groups in total. The molecule has 2 heterocycles. The normalized spacial score (nSPS) is 15.6. The number of hydrogen-bond acceptors (Lipinski definition) is 5.